The molecule has 1 amide bonds. The van der Waals surface area contributed by atoms with E-state index in [2.05, 4.69) is 10.1 Å². The highest BCUT2D eigenvalue weighted by atomic mass is 16.5. The van der Waals surface area contributed by atoms with Gasteiger partial charge in [-0.2, -0.15) is 0 Å². The Bertz CT molecular complexity index is 745. The second kappa shape index (κ2) is 9.02. The number of carbonyl (C=O) groups excluding carboxylic acids is 4. The molecule has 25 heavy (non-hydrogen) atoms. The fraction of sp³-hybridized carbons (Fsp3) is 0.176. The standard InChI is InChI=1S/C17H17NO7/c1-10(19)14(21)9-16(23)18-12-5-3-11(4-6-12)7-13(20)8-15(22)17(24)25-2/h3-6,8-9,21-22H,7H2,1-2H3,(H,18,23)/b14-9+,15-8-. The molecule has 0 aliphatic rings. The predicted molar refractivity (Wildman–Crippen MR) is 87.9 cm³/mol. The van der Waals surface area contributed by atoms with Crippen molar-refractivity contribution in [3.63, 3.8) is 0 Å². The van der Waals surface area contributed by atoms with Crippen molar-refractivity contribution in [1.29, 1.82) is 0 Å². The molecule has 0 aromatic heterocycles. The molecule has 0 bridgehead atoms. The maximum absolute atomic E-state index is 11.7. The highest BCUT2D eigenvalue weighted by Crippen LogP contribution is 2.11. The van der Waals surface area contributed by atoms with Crippen LogP contribution >= 0.6 is 0 Å². The summed E-state index contributed by atoms with van der Waals surface area (Å²) in [6, 6.07) is 6.16. The fourth-order valence-corrected chi connectivity index (χ4v) is 1.68. The molecule has 1 aromatic carbocycles. The molecule has 0 aliphatic carbocycles. The number of hydrogen-bond donors (Lipinski definition) is 3. The van der Waals surface area contributed by atoms with Crippen LogP contribution in [0.15, 0.2) is 47.9 Å². The molecule has 0 spiro atoms. The topological polar surface area (TPSA) is 130 Å². The number of benzene rings is 1. The predicted octanol–water partition coefficient (Wildman–Crippen LogP) is 1.38. The average Bonchev–Trinajstić information content (AvgIpc) is 2.55. The first-order valence-corrected chi connectivity index (χ1v) is 7.06. The van der Waals surface area contributed by atoms with Gasteiger partial charge in [0.15, 0.2) is 17.3 Å². The second-order valence-electron chi connectivity index (χ2n) is 4.94. The van der Waals surface area contributed by atoms with Gasteiger partial charge >= 0.3 is 5.97 Å². The molecule has 1 aromatic rings. The molecule has 0 saturated carbocycles. The number of carbonyl (C=O) groups is 4. The van der Waals surface area contributed by atoms with Gasteiger partial charge < -0.3 is 20.3 Å². The zero-order valence-corrected chi connectivity index (χ0v) is 13.6. The minimum atomic E-state index is -1.01. The zero-order valence-electron chi connectivity index (χ0n) is 13.6. The van der Waals surface area contributed by atoms with Crippen LogP contribution in [0.5, 0.6) is 0 Å². The SMILES string of the molecule is COC(=O)/C(O)=C/C(=O)Cc1ccc(NC(=O)/C=C(/O)C(C)=O)cc1. The minimum absolute atomic E-state index is 0.0691. The van der Waals surface area contributed by atoms with Crippen molar-refractivity contribution in [3.8, 4) is 0 Å². The molecule has 8 heteroatoms. The van der Waals surface area contributed by atoms with Crippen LogP contribution in [0.25, 0.3) is 0 Å². The summed E-state index contributed by atoms with van der Waals surface area (Å²) in [7, 11) is 1.08. The lowest BCUT2D eigenvalue weighted by molar-refractivity contribution is -0.139. The number of methoxy groups -OCH3 is 1. The van der Waals surface area contributed by atoms with Crippen LogP contribution in [0.3, 0.4) is 0 Å². The highest BCUT2D eigenvalue weighted by molar-refractivity contribution is 6.05. The molecule has 1 rings (SSSR count). The molecule has 0 unspecified atom stereocenters. The van der Waals surface area contributed by atoms with Gasteiger partial charge in [0.2, 0.25) is 5.76 Å². The van der Waals surface area contributed by atoms with Crippen molar-refractivity contribution >= 4 is 29.1 Å². The second-order valence-corrected chi connectivity index (χ2v) is 4.94. The number of ether oxygens (including phenoxy) is 1. The molecule has 0 fully saturated rings. The van der Waals surface area contributed by atoms with E-state index >= 15 is 0 Å². The van der Waals surface area contributed by atoms with Crippen molar-refractivity contribution in [3.05, 3.63) is 53.5 Å². The van der Waals surface area contributed by atoms with Crippen molar-refractivity contribution in [2.45, 2.75) is 13.3 Å². The van der Waals surface area contributed by atoms with Gasteiger partial charge in [0.25, 0.3) is 5.91 Å². The van der Waals surface area contributed by atoms with E-state index in [-0.39, 0.29) is 6.42 Å². The summed E-state index contributed by atoms with van der Waals surface area (Å²) in [5.74, 6) is -4.26. The van der Waals surface area contributed by atoms with Gasteiger partial charge in [0, 0.05) is 31.2 Å². The molecule has 0 saturated heterocycles. The summed E-state index contributed by atoms with van der Waals surface area (Å²) >= 11 is 0. The van der Waals surface area contributed by atoms with E-state index in [0.29, 0.717) is 11.3 Å². The van der Waals surface area contributed by atoms with Gasteiger partial charge in [0.1, 0.15) is 0 Å². The fourth-order valence-electron chi connectivity index (χ4n) is 1.68. The van der Waals surface area contributed by atoms with Crippen LogP contribution in [-0.2, 0) is 30.3 Å². The van der Waals surface area contributed by atoms with Gasteiger partial charge in [0.05, 0.1) is 7.11 Å². The van der Waals surface area contributed by atoms with E-state index in [1.54, 1.807) is 12.1 Å². The summed E-state index contributed by atoms with van der Waals surface area (Å²) in [5, 5.41) is 20.9. The maximum atomic E-state index is 11.7. The van der Waals surface area contributed by atoms with E-state index in [4.69, 9.17) is 0 Å². The van der Waals surface area contributed by atoms with Crippen LogP contribution in [0, 0.1) is 0 Å². The maximum Gasteiger partial charge on any atom is 0.373 e. The summed E-state index contributed by atoms with van der Waals surface area (Å²) in [5.41, 5.74) is 0.973. The van der Waals surface area contributed by atoms with Crippen LogP contribution < -0.4 is 5.32 Å². The first-order valence-electron chi connectivity index (χ1n) is 7.06. The molecule has 0 aliphatic heterocycles. The van der Waals surface area contributed by atoms with Crippen LogP contribution in [0.4, 0.5) is 5.69 Å². The Morgan fingerprint density at radius 3 is 2.16 bits per heavy atom. The summed E-state index contributed by atoms with van der Waals surface area (Å²) in [4.78, 5) is 45.1. The normalized spacial score (nSPS) is 11.6. The first-order chi connectivity index (χ1) is 11.7. The number of allylic oxidation sites excluding steroid dienone is 2. The number of aliphatic hydroxyl groups excluding tert-OH is 2. The van der Waals surface area contributed by atoms with E-state index in [1.807, 2.05) is 0 Å². The van der Waals surface area contributed by atoms with Crippen molar-refractivity contribution in [1.82, 2.24) is 0 Å². The number of amides is 1. The first kappa shape index (κ1) is 19.6. The van der Waals surface area contributed by atoms with Gasteiger partial charge in [-0.25, -0.2) is 4.79 Å². The molecule has 0 atom stereocenters. The Balaban J connectivity index is 2.69. The van der Waals surface area contributed by atoms with Gasteiger partial charge in [-0.1, -0.05) is 12.1 Å². The Hall–Kier alpha value is -3.42. The number of ketones is 2. The molecule has 132 valence electrons. The summed E-state index contributed by atoms with van der Waals surface area (Å²) < 4.78 is 4.26. The third-order valence-electron chi connectivity index (χ3n) is 2.92. The lowest BCUT2D eigenvalue weighted by Crippen LogP contribution is -2.11. The monoisotopic (exact) mass is 347 g/mol. The quantitative estimate of drug-likeness (QED) is 0.386. The number of aliphatic hydroxyl groups is 2. The highest BCUT2D eigenvalue weighted by Gasteiger charge is 2.10. The van der Waals surface area contributed by atoms with Gasteiger partial charge in [-0.05, 0) is 17.7 Å². The number of rotatable bonds is 7. The van der Waals surface area contributed by atoms with Crippen LogP contribution in [0.2, 0.25) is 0 Å². The molecule has 8 nitrogen and oxygen atoms in total. The molecule has 0 radical (unpaired) electrons. The third-order valence-corrected chi connectivity index (χ3v) is 2.92. The van der Waals surface area contributed by atoms with Gasteiger partial charge in [-0.3, -0.25) is 14.4 Å². The number of anilines is 1. The van der Waals surface area contributed by atoms with E-state index < -0.39 is 35.0 Å². The van der Waals surface area contributed by atoms with E-state index in [1.165, 1.54) is 12.1 Å². The molecular formula is C17H17NO7. The number of nitrogens with one attached hydrogen (secondary N) is 1. The Morgan fingerprint density at radius 2 is 1.64 bits per heavy atom. The molecular weight excluding hydrogens is 330 g/mol. The summed E-state index contributed by atoms with van der Waals surface area (Å²) in [6.07, 6.45) is 1.47. The van der Waals surface area contributed by atoms with E-state index in [9.17, 15) is 29.4 Å². The Labute approximate surface area is 143 Å². The smallest absolute Gasteiger partial charge is 0.373 e. The van der Waals surface area contributed by atoms with Crippen molar-refractivity contribution < 1.29 is 34.1 Å². The molecule has 0 heterocycles. The van der Waals surface area contributed by atoms with Gasteiger partial charge in [-0.15, -0.1) is 0 Å². The Kier molecular flexibility index (Phi) is 7.08. The van der Waals surface area contributed by atoms with Crippen molar-refractivity contribution in [2.24, 2.45) is 0 Å². The molecule has 3 N–H and O–H groups in total. The number of esters is 1. The van der Waals surface area contributed by atoms with Crippen molar-refractivity contribution in [2.75, 3.05) is 12.4 Å². The zero-order chi connectivity index (χ0) is 19.0. The Morgan fingerprint density at radius 1 is 1.04 bits per heavy atom. The number of hydrogen-bond acceptors (Lipinski definition) is 7. The minimum Gasteiger partial charge on any atom is -0.504 e. The largest absolute Gasteiger partial charge is 0.504 e. The van der Waals surface area contributed by atoms with E-state index in [0.717, 1.165) is 26.2 Å². The average molecular weight is 347 g/mol. The number of Topliss-reactive ketones (excluding diaryl/α,β-unsaturated/α-hetero) is 1. The lowest BCUT2D eigenvalue weighted by Gasteiger charge is -2.04. The lowest BCUT2D eigenvalue weighted by atomic mass is 10.1. The van der Waals surface area contributed by atoms with Crippen LogP contribution in [-0.4, -0.2) is 40.8 Å². The van der Waals surface area contributed by atoms with Crippen LogP contribution in [0.1, 0.15) is 12.5 Å². The third kappa shape index (κ3) is 6.69. The summed E-state index contributed by atoms with van der Waals surface area (Å²) in [6.45, 7) is 1.12.